The third-order valence-corrected chi connectivity index (χ3v) is 4.38. The number of piperidine rings is 1. The van der Waals surface area contributed by atoms with Crippen LogP contribution in [0.4, 0.5) is 0 Å². The first-order chi connectivity index (χ1) is 11.1. The van der Waals surface area contributed by atoms with Crippen LogP contribution in [0.5, 0.6) is 0 Å². The van der Waals surface area contributed by atoms with Gasteiger partial charge in [-0.2, -0.15) is 0 Å². The van der Waals surface area contributed by atoms with Gasteiger partial charge < -0.3 is 15.0 Å². The van der Waals surface area contributed by atoms with Crippen molar-refractivity contribution in [2.75, 3.05) is 33.3 Å². The molecule has 1 aromatic rings. The third-order valence-electron chi connectivity index (χ3n) is 4.38. The summed E-state index contributed by atoms with van der Waals surface area (Å²) in [6, 6.07) is 7.62. The highest BCUT2D eigenvalue weighted by atomic mass is 16.5. The highest BCUT2D eigenvalue weighted by Crippen LogP contribution is 2.20. The van der Waals surface area contributed by atoms with Gasteiger partial charge in [0.15, 0.2) is 0 Å². The molecule has 23 heavy (non-hydrogen) atoms. The van der Waals surface area contributed by atoms with Crippen LogP contribution >= 0.6 is 0 Å². The number of nitrogens with one attached hydrogen (secondary N) is 1. The number of ether oxygens (including phenoxy) is 1. The molecule has 1 amide bonds. The quantitative estimate of drug-likeness (QED) is 0.786. The first-order valence-electron chi connectivity index (χ1n) is 8.67. The highest BCUT2D eigenvalue weighted by Gasteiger charge is 2.21. The summed E-state index contributed by atoms with van der Waals surface area (Å²) in [6.07, 6.45) is 2.34. The minimum atomic E-state index is 0.00309. The second-order valence-corrected chi connectivity index (χ2v) is 6.95. The van der Waals surface area contributed by atoms with Gasteiger partial charge in [0.25, 0.3) is 5.91 Å². The summed E-state index contributed by atoms with van der Waals surface area (Å²) in [4.78, 5) is 14.7. The number of rotatable bonds is 7. The van der Waals surface area contributed by atoms with E-state index in [0.29, 0.717) is 12.2 Å². The number of nitrogens with zero attached hydrogens (tertiary/aromatic N) is 1. The monoisotopic (exact) mass is 318 g/mol. The van der Waals surface area contributed by atoms with Crippen molar-refractivity contribution in [3.05, 3.63) is 35.4 Å². The van der Waals surface area contributed by atoms with Crippen molar-refractivity contribution in [1.29, 1.82) is 0 Å². The van der Waals surface area contributed by atoms with Crippen molar-refractivity contribution in [3.8, 4) is 0 Å². The summed E-state index contributed by atoms with van der Waals surface area (Å²) in [5.74, 6) is 1.58. The van der Waals surface area contributed by atoms with E-state index in [1.807, 2.05) is 24.3 Å². The molecule has 128 valence electrons. The molecule has 0 radical (unpaired) electrons. The smallest absolute Gasteiger partial charge is 0.251 e. The number of benzene rings is 1. The molecular formula is C19H30N2O2. The molecule has 0 unspecified atom stereocenters. The first-order valence-corrected chi connectivity index (χ1v) is 8.67. The Morgan fingerprint density at radius 1 is 1.30 bits per heavy atom. The van der Waals surface area contributed by atoms with Gasteiger partial charge in [-0.15, -0.1) is 0 Å². The number of carbonyl (C=O) groups is 1. The maximum atomic E-state index is 12.2. The minimum Gasteiger partial charge on any atom is -0.380 e. The number of hydrogen-bond acceptors (Lipinski definition) is 3. The van der Waals surface area contributed by atoms with Crippen LogP contribution in [0.15, 0.2) is 24.3 Å². The fraction of sp³-hybridized carbons (Fsp3) is 0.632. The molecule has 0 spiro atoms. The van der Waals surface area contributed by atoms with E-state index in [0.717, 1.165) is 36.9 Å². The molecule has 0 saturated carbocycles. The lowest BCUT2D eigenvalue weighted by Gasteiger charge is -2.34. The summed E-state index contributed by atoms with van der Waals surface area (Å²) in [5.41, 5.74) is 1.73. The molecule has 4 heteroatoms. The van der Waals surface area contributed by atoms with Gasteiger partial charge >= 0.3 is 0 Å². The summed E-state index contributed by atoms with van der Waals surface area (Å²) in [5, 5.41) is 3.02. The summed E-state index contributed by atoms with van der Waals surface area (Å²) in [7, 11) is 1.66. The van der Waals surface area contributed by atoms with Crippen molar-refractivity contribution < 1.29 is 9.53 Å². The normalized spacial score (nSPS) is 22.0. The van der Waals surface area contributed by atoms with Crippen molar-refractivity contribution in [1.82, 2.24) is 10.2 Å². The zero-order chi connectivity index (χ0) is 16.7. The number of methoxy groups -OCH3 is 1. The van der Waals surface area contributed by atoms with Gasteiger partial charge in [0.1, 0.15) is 0 Å². The van der Waals surface area contributed by atoms with E-state index in [9.17, 15) is 4.79 Å². The van der Waals surface area contributed by atoms with E-state index >= 15 is 0 Å². The molecule has 1 fully saturated rings. The highest BCUT2D eigenvalue weighted by molar-refractivity contribution is 5.94. The van der Waals surface area contributed by atoms with E-state index in [1.165, 1.54) is 19.5 Å². The van der Waals surface area contributed by atoms with Crippen LogP contribution in [-0.4, -0.2) is 44.1 Å². The zero-order valence-corrected chi connectivity index (χ0v) is 14.7. The Balaban J connectivity index is 1.71. The Morgan fingerprint density at radius 3 is 2.74 bits per heavy atom. The number of likely N-dealkylation sites (tertiary alicyclic amines) is 1. The van der Waals surface area contributed by atoms with Crippen molar-refractivity contribution >= 4 is 5.91 Å². The van der Waals surface area contributed by atoms with E-state index in [2.05, 4.69) is 24.1 Å². The SMILES string of the molecule is COCc1cccc(C(=O)NCCCN2C[C@H](C)C[C@@H](C)C2)c1. The lowest BCUT2D eigenvalue weighted by molar-refractivity contribution is 0.0947. The molecule has 1 aliphatic rings. The van der Waals surface area contributed by atoms with Crippen LogP contribution in [0.3, 0.4) is 0 Å². The second-order valence-electron chi connectivity index (χ2n) is 6.95. The van der Waals surface area contributed by atoms with Crippen LogP contribution in [0, 0.1) is 11.8 Å². The molecule has 2 rings (SSSR count). The number of carbonyl (C=O) groups excluding carboxylic acids is 1. The molecule has 0 aliphatic carbocycles. The Hall–Kier alpha value is -1.39. The van der Waals surface area contributed by atoms with Crippen LogP contribution in [0.2, 0.25) is 0 Å². The van der Waals surface area contributed by atoms with Gasteiger partial charge in [-0.05, 0) is 48.9 Å². The topological polar surface area (TPSA) is 41.6 Å². The van der Waals surface area contributed by atoms with Gasteiger partial charge in [-0.3, -0.25) is 4.79 Å². The van der Waals surface area contributed by atoms with Crippen molar-refractivity contribution in [2.24, 2.45) is 11.8 Å². The molecule has 0 aromatic heterocycles. The van der Waals surface area contributed by atoms with Crippen molar-refractivity contribution in [2.45, 2.75) is 33.3 Å². The lowest BCUT2D eigenvalue weighted by Crippen LogP contribution is -2.40. The Labute approximate surface area is 140 Å². The molecule has 1 aliphatic heterocycles. The van der Waals surface area contributed by atoms with Crippen LogP contribution in [-0.2, 0) is 11.3 Å². The van der Waals surface area contributed by atoms with E-state index in [4.69, 9.17) is 4.74 Å². The summed E-state index contributed by atoms with van der Waals surface area (Å²) in [6.45, 7) is 9.38. The van der Waals surface area contributed by atoms with Crippen LogP contribution in [0.1, 0.15) is 42.6 Å². The van der Waals surface area contributed by atoms with Gasteiger partial charge in [-0.25, -0.2) is 0 Å². The second kappa shape index (κ2) is 9.04. The maximum absolute atomic E-state index is 12.2. The van der Waals surface area contributed by atoms with Gasteiger partial charge in [0, 0.05) is 32.3 Å². The molecule has 1 N–H and O–H groups in total. The van der Waals surface area contributed by atoms with Crippen LogP contribution in [0.25, 0.3) is 0 Å². The zero-order valence-electron chi connectivity index (χ0n) is 14.7. The molecule has 1 saturated heterocycles. The third kappa shape index (κ3) is 5.96. The van der Waals surface area contributed by atoms with E-state index in [1.54, 1.807) is 7.11 Å². The first kappa shape index (κ1) is 18.0. The molecule has 2 atom stereocenters. The molecule has 4 nitrogen and oxygen atoms in total. The van der Waals surface area contributed by atoms with E-state index in [-0.39, 0.29) is 5.91 Å². The average Bonchev–Trinajstić information content (AvgIpc) is 2.51. The van der Waals surface area contributed by atoms with Crippen LogP contribution < -0.4 is 5.32 Å². The molecule has 0 bridgehead atoms. The number of hydrogen-bond donors (Lipinski definition) is 1. The Morgan fingerprint density at radius 2 is 2.04 bits per heavy atom. The predicted octanol–water partition coefficient (Wildman–Crippen LogP) is 2.93. The minimum absolute atomic E-state index is 0.00309. The Bertz CT molecular complexity index is 494. The molecule has 1 aromatic carbocycles. The lowest BCUT2D eigenvalue weighted by atomic mass is 9.92. The summed E-state index contributed by atoms with van der Waals surface area (Å²) >= 11 is 0. The Kier molecular flexibility index (Phi) is 7.06. The molecule has 1 heterocycles. The molecular weight excluding hydrogens is 288 g/mol. The standard InChI is InChI=1S/C19H30N2O2/c1-15-10-16(2)13-21(12-15)9-5-8-20-19(22)18-7-4-6-17(11-18)14-23-3/h4,6-7,11,15-16H,5,8-10,12-14H2,1-3H3,(H,20,22)/t15-,16-/m1/s1. The maximum Gasteiger partial charge on any atom is 0.251 e. The largest absolute Gasteiger partial charge is 0.380 e. The fourth-order valence-corrected chi connectivity index (χ4v) is 3.55. The van der Waals surface area contributed by atoms with Gasteiger partial charge in [0.05, 0.1) is 6.61 Å². The van der Waals surface area contributed by atoms with Crippen molar-refractivity contribution in [3.63, 3.8) is 0 Å². The predicted molar refractivity (Wildman–Crippen MR) is 93.5 cm³/mol. The fourth-order valence-electron chi connectivity index (χ4n) is 3.55. The van der Waals surface area contributed by atoms with Gasteiger partial charge in [-0.1, -0.05) is 26.0 Å². The summed E-state index contributed by atoms with van der Waals surface area (Å²) < 4.78 is 5.11. The van der Waals surface area contributed by atoms with Gasteiger partial charge in [0.2, 0.25) is 0 Å². The van der Waals surface area contributed by atoms with E-state index < -0.39 is 0 Å². The number of amides is 1. The average molecular weight is 318 g/mol.